The first-order valence-corrected chi connectivity index (χ1v) is 18.3. The van der Waals surface area contributed by atoms with Crippen molar-refractivity contribution >= 4 is 56.9 Å². The Morgan fingerprint density at radius 3 is 2.57 bits per heavy atom. The fraction of sp³-hybridized carbons (Fsp3) is 0.342. The lowest BCUT2D eigenvalue weighted by Gasteiger charge is -2.36. The van der Waals surface area contributed by atoms with E-state index < -0.39 is 29.7 Å². The zero-order chi connectivity index (χ0) is 38.1. The van der Waals surface area contributed by atoms with Gasteiger partial charge in [0.05, 0.1) is 17.7 Å². The summed E-state index contributed by atoms with van der Waals surface area (Å²) in [6.45, 7) is 1.65. The molecule has 2 fully saturated rings. The molecule has 5 amide bonds. The number of pyridine rings is 1. The highest BCUT2D eigenvalue weighted by molar-refractivity contribution is 9.10. The molecule has 0 saturated carbocycles. The van der Waals surface area contributed by atoms with Gasteiger partial charge in [0.1, 0.15) is 40.1 Å². The lowest BCUT2D eigenvalue weighted by Crippen LogP contribution is -2.54. The highest BCUT2D eigenvalue weighted by Gasteiger charge is 2.46. The standard InChI is InChI=1S/C38H38BrN7O8/c1-43-19-23(18-24(20-43)40-34-33(39)38(52)45-15-4-3-8-29(45)41-34)22-9-11-25(12-10-22)54-21-31(48)44(2)16-17-53-28-7-5-6-26-32(28)37(51)46(36(26)50)27-13-14-30(47)42-35(27)49/h3-12,15,23-24,27,40H,13-14,16-21H2,1-2H3,(H,42,47,49)/t23-,24+,27?/m0/s1. The van der Waals surface area contributed by atoms with Gasteiger partial charge in [-0.1, -0.05) is 24.3 Å². The van der Waals surface area contributed by atoms with Gasteiger partial charge in [-0.15, -0.1) is 0 Å². The van der Waals surface area contributed by atoms with E-state index in [9.17, 15) is 28.8 Å². The van der Waals surface area contributed by atoms with E-state index in [1.807, 2.05) is 30.3 Å². The van der Waals surface area contributed by atoms with Gasteiger partial charge >= 0.3 is 0 Å². The monoisotopic (exact) mass is 799 g/mol. The van der Waals surface area contributed by atoms with Crippen molar-refractivity contribution in [3.05, 3.63) is 98.4 Å². The summed E-state index contributed by atoms with van der Waals surface area (Å²) in [5.41, 5.74) is 1.68. The van der Waals surface area contributed by atoms with E-state index >= 15 is 0 Å². The number of nitrogens with one attached hydrogen (secondary N) is 2. The molecule has 0 aliphatic carbocycles. The number of hydrogen-bond acceptors (Lipinski definition) is 11. The number of likely N-dealkylation sites (tertiary alicyclic amines) is 1. The third-order valence-electron chi connectivity index (χ3n) is 9.91. The summed E-state index contributed by atoms with van der Waals surface area (Å²) in [6.07, 6.45) is 2.59. The minimum atomic E-state index is -1.08. The van der Waals surface area contributed by atoms with Gasteiger partial charge in [0, 0.05) is 38.8 Å². The predicted octanol–water partition coefficient (Wildman–Crippen LogP) is 2.67. The van der Waals surface area contributed by atoms with Gasteiger partial charge in [0.15, 0.2) is 6.61 Å². The van der Waals surface area contributed by atoms with Crippen LogP contribution in [0.5, 0.6) is 11.5 Å². The van der Waals surface area contributed by atoms with Crippen molar-refractivity contribution in [3.8, 4) is 11.5 Å². The zero-order valence-corrected chi connectivity index (χ0v) is 31.2. The van der Waals surface area contributed by atoms with Gasteiger partial charge in [-0.2, -0.15) is 0 Å². The van der Waals surface area contributed by atoms with Crippen molar-refractivity contribution < 1.29 is 33.4 Å². The number of carbonyl (C=O) groups is 5. The molecule has 54 heavy (non-hydrogen) atoms. The molecule has 16 heteroatoms. The Kier molecular flexibility index (Phi) is 10.5. The molecule has 280 valence electrons. The van der Waals surface area contributed by atoms with Gasteiger partial charge in [-0.25, -0.2) is 4.98 Å². The molecule has 0 bridgehead atoms. The number of rotatable bonds is 11. The van der Waals surface area contributed by atoms with Gasteiger partial charge in [0.25, 0.3) is 23.3 Å². The van der Waals surface area contributed by atoms with Crippen LogP contribution in [0.3, 0.4) is 0 Å². The molecule has 15 nitrogen and oxygen atoms in total. The van der Waals surface area contributed by atoms with Gasteiger partial charge < -0.3 is 24.6 Å². The maximum atomic E-state index is 13.3. The van der Waals surface area contributed by atoms with Crippen LogP contribution in [0.1, 0.15) is 51.5 Å². The molecule has 7 rings (SSSR count). The number of piperidine rings is 2. The highest BCUT2D eigenvalue weighted by atomic mass is 79.9. The molecular weight excluding hydrogens is 762 g/mol. The normalized spacial score (nSPS) is 20.1. The summed E-state index contributed by atoms with van der Waals surface area (Å²) in [5.74, 6) is -1.27. The summed E-state index contributed by atoms with van der Waals surface area (Å²) in [5, 5.41) is 5.66. The van der Waals surface area contributed by atoms with Crippen molar-refractivity contribution in [2.75, 3.05) is 52.3 Å². The van der Waals surface area contributed by atoms with E-state index in [4.69, 9.17) is 9.47 Å². The van der Waals surface area contributed by atoms with Gasteiger partial charge in [-0.3, -0.25) is 43.4 Å². The van der Waals surface area contributed by atoms with Crippen molar-refractivity contribution in [2.45, 2.75) is 37.3 Å². The Hall–Kier alpha value is -5.61. The molecule has 4 aromatic rings. The fourth-order valence-electron chi connectivity index (χ4n) is 7.14. The third kappa shape index (κ3) is 7.43. The summed E-state index contributed by atoms with van der Waals surface area (Å²) in [4.78, 5) is 85.4. The van der Waals surface area contributed by atoms with Crippen LogP contribution in [0.25, 0.3) is 5.65 Å². The first-order valence-electron chi connectivity index (χ1n) is 17.5. The van der Waals surface area contributed by atoms with E-state index in [0.717, 1.165) is 30.0 Å². The lowest BCUT2D eigenvalue weighted by atomic mass is 9.88. The number of carbonyl (C=O) groups excluding carboxylic acids is 5. The van der Waals surface area contributed by atoms with Crippen molar-refractivity contribution in [1.29, 1.82) is 0 Å². The van der Waals surface area contributed by atoms with Gasteiger partial charge in [0.2, 0.25) is 11.8 Å². The van der Waals surface area contributed by atoms with Crippen LogP contribution in [0, 0.1) is 0 Å². The summed E-state index contributed by atoms with van der Waals surface area (Å²) in [6, 6.07) is 16.7. The quantitative estimate of drug-likeness (QED) is 0.214. The Morgan fingerprint density at radius 1 is 1.00 bits per heavy atom. The third-order valence-corrected chi connectivity index (χ3v) is 10.6. The van der Waals surface area contributed by atoms with Crippen LogP contribution in [0.2, 0.25) is 0 Å². The van der Waals surface area contributed by atoms with E-state index in [1.54, 1.807) is 37.5 Å². The highest BCUT2D eigenvalue weighted by Crippen LogP contribution is 2.34. The Morgan fingerprint density at radius 2 is 1.80 bits per heavy atom. The number of amides is 5. The predicted molar refractivity (Wildman–Crippen MR) is 200 cm³/mol. The van der Waals surface area contributed by atoms with Crippen molar-refractivity contribution in [1.82, 2.24) is 29.4 Å². The Labute approximate surface area is 318 Å². The van der Waals surface area contributed by atoms with Gasteiger partial charge in [-0.05, 0) is 83.7 Å². The first kappa shape index (κ1) is 36.7. The van der Waals surface area contributed by atoms with E-state index in [1.165, 1.54) is 15.4 Å². The number of imide groups is 2. The number of nitrogens with zero attached hydrogens (tertiary/aromatic N) is 5. The fourth-order valence-corrected chi connectivity index (χ4v) is 7.53. The van der Waals surface area contributed by atoms with Crippen molar-refractivity contribution in [3.63, 3.8) is 0 Å². The van der Waals surface area contributed by atoms with Crippen LogP contribution in [0.15, 0.2) is 76.1 Å². The number of benzene rings is 2. The van der Waals surface area contributed by atoms with Crippen LogP contribution >= 0.6 is 15.9 Å². The molecular formula is C38H38BrN7O8. The molecule has 1 unspecified atom stereocenters. The van der Waals surface area contributed by atoms with Crippen LogP contribution in [-0.2, 0) is 14.4 Å². The second kappa shape index (κ2) is 15.4. The topological polar surface area (TPSA) is 172 Å². The maximum absolute atomic E-state index is 13.3. The Balaban J connectivity index is 0.900. The number of likely N-dealkylation sites (N-methyl/N-ethyl adjacent to an activating group) is 2. The van der Waals surface area contributed by atoms with E-state index in [2.05, 4.69) is 43.5 Å². The van der Waals surface area contributed by atoms with Crippen molar-refractivity contribution in [2.24, 2.45) is 0 Å². The van der Waals surface area contributed by atoms with E-state index in [-0.39, 0.29) is 72.9 Å². The second-order valence-electron chi connectivity index (χ2n) is 13.7. The maximum Gasteiger partial charge on any atom is 0.274 e. The molecule has 3 atom stereocenters. The zero-order valence-electron chi connectivity index (χ0n) is 29.6. The average molecular weight is 801 g/mol. The number of halogens is 1. The summed E-state index contributed by atoms with van der Waals surface area (Å²) >= 11 is 3.44. The molecule has 0 spiro atoms. The molecule has 2 aromatic heterocycles. The second-order valence-corrected chi connectivity index (χ2v) is 14.4. The molecule has 3 aliphatic rings. The number of anilines is 1. The molecule has 0 radical (unpaired) electrons. The summed E-state index contributed by atoms with van der Waals surface area (Å²) < 4.78 is 13.6. The molecule has 2 N–H and O–H groups in total. The number of hydrogen-bond donors (Lipinski definition) is 2. The SMILES string of the molecule is CN1C[C@H](Nc2nc3ccccn3c(=O)c2Br)C[C@H](c2ccc(OCC(=O)N(C)CCOc3cccc4c3C(=O)N(C3CCC(=O)NC3=O)C4=O)cc2)C1. The summed E-state index contributed by atoms with van der Waals surface area (Å²) in [7, 11) is 3.67. The molecule has 5 heterocycles. The largest absolute Gasteiger partial charge is 0.491 e. The van der Waals surface area contributed by atoms with Crippen LogP contribution < -0.4 is 25.7 Å². The number of ether oxygens (including phenoxy) is 2. The van der Waals surface area contributed by atoms with Crippen LogP contribution in [0.4, 0.5) is 5.82 Å². The van der Waals surface area contributed by atoms with E-state index in [0.29, 0.717) is 21.7 Å². The minimum Gasteiger partial charge on any atom is -0.491 e. The lowest BCUT2D eigenvalue weighted by molar-refractivity contribution is -0.136. The molecule has 2 saturated heterocycles. The number of aromatic nitrogens is 2. The smallest absolute Gasteiger partial charge is 0.274 e. The molecule has 2 aromatic carbocycles. The minimum absolute atomic E-state index is 0.0234. The number of fused-ring (bicyclic) bond motifs is 2. The average Bonchev–Trinajstić information content (AvgIpc) is 3.41. The Bertz CT molecular complexity index is 2210. The molecule has 3 aliphatic heterocycles. The van der Waals surface area contributed by atoms with Crippen LogP contribution in [-0.4, -0.2) is 113 Å². The first-order chi connectivity index (χ1) is 26.0.